The molecule has 2 fully saturated rings. The van der Waals surface area contributed by atoms with Gasteiger partial charge in [-0.2, -0.15) is 0 Å². The van der Waals surface area contributed by atoms with Crippen molar-refractivity contribution in [1.29, 1.82) is 0 Å². The van der Waals surface area contributed by atoms with Gasteiger partial charge in [0, 0.05) is 37.8 Å². The highest BCUT2D eigenvalue weighted by molar-refractivity contribution is 5.85. The first-order chi connectivity index (χ1) is 7.45. The summed E-state index contributed by atoms with van der Waals surface area (Å²) < 4.78 is 5.22. The molecule has 3 rings (SSSR count). The largest absolute Gasteiger partial charge is 0.472 e. The third-order valence-corrected chi connectivity index (χ3v) is 3.50. The zero-order chi connectivity index (χ0) is 10.1. The summed E-state index contributed by atoms with van der Waals surface area (Å²) in [5.74, 6) is 0.876. The highest BCUT2D eigenvalue weighted by Crippen LogP contribution is 2.44. The van der Waals surface area contributed by atoms with E-state index < -0.39 is 0 Å². The number of furan rings is 1. The topological polar surface area (TPSA) is 28.4 Å². The Morgan fingerprint density at radius 2 is 1.94 bits per heavy atom. The van der Waals surface area contributed by atoms with E-state index in [1.165, 1.54) is 31.5 Å². The molecule has 1 N–H and O–H groups in total. The fraction of sp³-hybridized carbons (Fsp3) is 0.667. The first kappa shape index (κ1) is 14.8. The summed E-state index contributed by atoms with van der Waals surface area (Å²) in [7, 11) is 0. The molecule has 0 amide bonds. The average Bonchev–Trinajstić information content (AvgIpc) is 2.96. The molecule has 1 atom stereocenters. The summed E-state index contributed by atoms with van der Waals surface area (Å²) in [6, 6.07) is 2.75. The van der Waals surface area contributed by atoms with Crippen LogP contribution in [0.15, 0.2) is 23.0 Å². The minimum atomic E-state index is 0. The second-order valence-corrected chi connectivity index (χ2v) is 4.62. The Balaban J connectivity index is 0.000000722. The summed E-state index contributed by atoms with van der Waals surface area (Å²) >= 11 is 0. The van der Waals surface area contributed by atoms with Crippen LogP contribution in [0, 0.1) is 5.92 Å². The third-order valence-electron chi connectivity index (χ3n) is 3.50. The molecule has 1 aromatic rings. The first-order valence-electron chi connectivity index (χ1n) is 5.92. The average molecular weight is 279 g/mol. The lowest BCUT2D eigenvalue weighted by Gasteiger charge is -2.34. The molecule has 1 aliphatic heterocycles. The van der Waals surface area contributed by atoms with Crippen molar-refractivity contribution in [3.8, 4) is 0 Å². The van der Waals surface area contributed by atoms with Crippen molar-refractivity contribution in [1.82, 2.24) is 10.2 Å². The Hall–Kier alpha value is -0.220. The summed E-state index contributed by atoms with van der Waals surface area (Å²) in [6.07, 6.45) is 6.50. The number of halogens is 2. The zero-order valence-corrected chi connectivity index (χ0v) is 11.4. The van der Waals surface area contributed by atoms with Gasteiger partial charge in [0.2, 0.25) is 0 Å². The molecule has 0 aromatic carbocycles. The lowest BCUT2D eigenvalue weighted by Crippen LogP contribution is -2.45. The van der Waals surface area contributed by atoms with Gasteiger partial charge in [0.1, 0.15) is 0 Å². The van der Waals surface area contributed by atoms with Gasteiger partial charge in [-0.1, -0.05) is 0 Å². The maximum atomic E-state index is 5.22. The van der Waals surface area contributed by atoms with Gasteiger partial charge in [0.05, 0.1) is 12.5 Å². The fourth-order valence-electron chi connectivity index (χ4n) is 2.60. The van der Waals surface area contributed by atoms with Gasteiger partial charge in [0.15, 0.2) is 0 Å². The van der Waals surface area contributed by atoms with Crippen LogP contribution >= 0.6 is 24.8 Å². The molecule has 98 valence electrons. The fourth-order valence-corrected chi connectivity index (χ4v) is 2.60. The van der Waals surface area contributed by atoms with E-state index in [-0.39, 0.29) is 24.8 Å². The van der Waals surface area contributed by atoms with Gasteiger partial charge >= 0.3 is 0 Å². The van der Waals surface area contributed by atoms with Gasteiger partial charge in [-0.05, 0) is 24.8 Å². The van der Waals surface area contributed by atoms with Gasteiger partial charge in [-0.3, -0.25) is 4.90 Å². The maximum absolute atomic E-state index is 5.22. The summed E-state index contributed by atoms with van der Waals surface area (Å²) in [5, 5.41) is 3.41. The molecule has 1 saturated carbocycles. The molecule has 0 radical (unpaired) electrons. The minimum Gasteiger partial charge on any atom is -0.472 e. The highest BCUT2D eigenvalue weighted by Gasteiger charge is 2.37. The van der Waals surface area contributed by atoms with Crippen LogP contribution in [0.25, 0.3) is 0 Å². The SMILES string of the molecule is Cl.Cl.c1cc([C@@H](C2CC2)N2CCNCC2)co1. The molecule has 2 heterocycles. The van der Waals surface area contributed by atoms with Crippen molar-refractivity contribution in [3.63, 3.8) is 0 Å². The summed E-state index contributed by atoms with van der Waals surface area (Å²) in [4.78, 5) is 2.61. The number of rotatable bonds is 3. The van der Waals surface area contributed by atoms with Gasteiger partial charge in [0.25, 0.3) is 0 Å². The van der Waals surface area contributed by atoms with Crippen LogP contribution in [0.2, 0.25) is 0 Å². The molecule has 0 spiro atoms. The second kappa shape index (κ2) is 6.64. The predicted octanol–water partition coefficient (Wildman–Crippen LogP) is 2.48. The lowest BCUT2D eigenvalue weighted by atomic mass is 10.0. The van der Waals surface area contributed by atoms with E-state index in [1.807, 2.05) is 6.26 Å². The predicted molar refractivity (Wildman–Crippen MR) is 73.1 cm³/mol. The quantitative estimate of drug-likeness (QED) is 0.921. The van der Waals surface area contributed by atoms with E-state index in [2.05, 4.69) is 16.3 Å². The third kappa shape index (κ3) is 3.38. The molecular weight excluding hydrogens is 259 g/mol. The van der Waals surface area contributed by atoms with Gasteiger partial charge in [-0.15, -0.1) is 24.8 Å². The maximum Gasteiger partial charge on any atom is 0.0950 e. The number of hydrogen-bond donors (Lipinski definition) is 1. The standard InChI is InChI=1S/C12H18N2O.2ClH/c1-2-10(1)12(11-3-8-15-9-11)14-6-4-13-5-7-14;;/h3,8-10,12-13H,1-2,4-7H2;2*1H/t12-;;/m1../s1. The molecule has 3 nitrogen and oxygen atoms in total. The summed E-state index contributed by atoms with van der Waals surface area (Å²) in [6.45, 7) is 4.60. The first-order valence-corrected chi connectivity index (χ1v) is 5.92. The normalized spacial score (nSPS) is 22.4. The van der Waals surface area contributed by atoms with Crippen molar-refractivity contribution in [2.45, 2.75) is 18.9 Å². The van der Waals surface area contributed by atoms with Crippen LogP contribution in [0.4, 0.5) is 0 Å². The molecule has 17 heavy (non-hydrogen) atoms. The molecular formula is C12H20Cl2N2O. The molecule has 0 unspecified atom stereocenters. The van der Waals surface area contributed by atoms with Crippen LogP contribution in [0.3, 0.4) is 0 Å². The van der Waals surface area contributed by atoms with Crippen molar-refractivity contribution < 1.29 is 4.42 Å². The molecule has 5 heteroatoms. The number of piperazine rings is 1. The van der Waals surface area contributed by atoms with Crippen molar-refractivity contribution in [3.05, 3.63) is 24.2 Å². The van der Waals surface area contributed by atoms with Gasteiger partial charge < -0.3 is 9.73 Å². The Bertz CT molecular complexity index is 308. The lowest BCUT2D eigenvalue weighted by molar-refractivity contribution is 0.155. The zero-order valence-electron chi connectivity index (χ0n) is 9.80. The van der Waals surface area contributed by atoms with E-state index >= 15 is 0 Å². The van der Waals surface area contributed by atoms with E-state index in [1.54, 1.807) is 6.26 Å². The van der Waals surface area contributed by atoms with Crippen molar-refractivity contribution in [2.75, 3.05) is 26.2 Å². The number of nitrogens with one attached hydrogen (secondary N) is 1. The van der Waals surface area contributed by atoms with Crippen LogP contribution < -0.4 is 5.32 Å². The van der Waals surface area contributed by atoms with E-state index in [0.717, 1.165) is 19.0 Å². The monoisotopic (exact) mass is 278 g/mol. The summed E-state index contributed by atoms with van der Waals surface area (Å²) in [5.41, 5.74) is 1.37. The Morgan fingerprint density at radius 3 is 2.47 bits per heavy atom. The smallest absolute Gasteiger partial charge is 0.0950 e. The molecule has 2 aliphatic rings. The second-order valence-electron chi connectivity index (χ2n) is 4.62. The molecule has 1 aromatic heterocycles. The molecule has 1 aliphatic carbocycles. The van der Waals surface area contributed by atoms with Crippen molar-refractivity contribution >= 4 is 24.8 Å². The van der Waals surface area contributed by atoms with E-state index in [0.29, 0.717) is 6.04 Å². The number of hydrogen-bond acceptors (Lipinski definition) is 3. The van der Waals surface area contributed by atoms with E-state index in [4.69, 9.17) is 4.42 Å². The van der Waals surface area contributed by atoms with Crippen LogP contribution in [-0.4, -0.2) is 31.1 Å². The Morgan fingerprint density at radius 1 is 1.24 bits per heavy atom. The molecule has 1 saturated heterocycles. The van der Waals surface area contributed by atoms with Crippen LogP contribution in [-0.2, 0) is 0 Å². The minimum absolute atomic E-state index is 0. The highest BCUT2D eigenvalue weighted by atomic mass is 35.5. The van der Waals surface area contributed by atoms with E-state index in [9.17, 15) is 0 Å². The Labute approximate surface area is 115 Å². The number of nitrogens with zero attached hydrogens (tertiary/aromatic N) is 1. The van der Waals surface area contributed by atoms with Crippen molar-refractivity contribution in [2.24, 2.45) is 5.92 Å². The van der Waals surface area contributed by atoms with Crippen LogP contribution in [0.5, 0.6) is 0 Å². The van der Waals surface area contributed by atoms with Gasteiger partial charge in [-0.25, -0.2) is 0 Å². The molecule has 0 bridgehead atoms. The van der Waals surface area contributed by atoms with Crippen LogP contribution in [0.1, 0.15) is 24.4 Å². The Kier molecular flexibility index (Phi) is 5.80.